The Kier molecular flexibility index (Phi) is 6.35. The molecule has 2 rings (SSSR count). The predicted molar refractivity (Wildman–Crippen MR) is 91.0 cm³/mol. The monoisotopic (exact) mass is 430 g/mol. The molecule has 3 nitrogen and oxygen atoms in total. The fourth-order valence-corrected chi connectivity index (χ4v) is 5.04. The summed E-state index contributed by atoms with van der Waals surface area (Å²) in [7, 11) is 0. The molecule has 25 heavy (non-hydrogen) atoms. The first-order valence-corrected chi connectivity index (χ1v) is 10.1. The van der Waals surface area contributed by atoms with Crippen LogP contribution in [0.25, 0.3) is 0 Å². The molecule has 0 spiro atoms. The molecule has 0 saturated heterocycles. The summed E-state index contributed by atoms with van der Waals surface area (Å²) in [5, 5.41) is 9.35. The molecule has 132 valence electrons. The summed E-state index contributed by atoms with van der Waals surface area (Å²) < 4.78 is 39.7. The number of carbonyl (C=O) groups is 2. The van der Waals surface area contributed by atoms with Gasteiger partial charge in [0.2, 0.25) is 0 Å². The number of alkyl halides is 3. The summed E-state index contributed by atoms with van der Waals surface area (Å²) in [6, 6.07) is 9.57. The number of carboxylic acids is 1. The topological polar surface area (TPSA) is 54.4 Å². The molecular weight excluding hydrogens is 416 g/mol. The van der Waals surface area contributed by atoms with Gasteiger partial charge in [-0.2, -0.15) is 0 Å². The predicted octanol–water partition coefficient (Wildman–Crippen LogP) is 3.55. The zero-order valence-corrected chi connectivity index (χ0v) is 16.0. The Bertz CT molecular complexity index is 806. The van der Waals surface area contributed by atoms with E-state index in [1.807, 2.05) is 0 Å². The van der Waals surface area contributed by atoms with E-state index in [9.17, 15) is 27.9 Å². The maximum atomic E-state index is 13.1. The van der Waals surface area contributed by atoms with Gasteiger partial charge in [0, 0.05) is 0 Å². The Hall–Kier alpha value is -1.72. The van der Waals surface area contributed by atoms with Crippen LogP contribution in [0.5, 0.6) is 0 Å². The van der Waals surface area contributed by atoms with Gasteiger partial charge in [-0.3, -0.25) is 0 Å². The van der Waals surface area contributed by atoms with Gasteiger partial charge in [0.25, 0.3) is 0 Å². The fraction of sp³-hybridized carbons (Fsp3) is 0.176. The number of aromatic carboxylic acids is 1. The molecule has 0 aliphatic heterocycles. The van der Waals surface area contributed by atoms with Gasteiger partial charge in [-0.15, -0.1) is 0 Å². The number of carboxylic acid groups (broad SMARTS) is 1. The number of hydrogen-bond donors (Lipinski definition) is 1. The minimum absolute atomic E-state index is 0.000237. The number of benzene rings is 2. The van der Waals surface area contributed by atoms with Crippen molar-refractivity contribution in [1.29, 1.82) is 0 Å². The molecule has 0 aliphatic carbocycles. The second kappa shape index (κ2) is 8.10. The summed E-state index contributed by atoms with van der Waals surface area (Å²) in [5.41, 5.74) is -0.785. The molecule has 2 aromatic carbocycles. The second-order valence-electron chi connectivity index (χ2n) is 5.01. The van der Waals surface area contributed by atoms with Crippen molar-refractivity contribution in [1.82, 2.24) is 0 Å². The SMILES string of the molecule is CCC(=O)[AsH]c1ccc(Sc2ccccc2C(F)(F)F)cc1C(=O)O. The molecule has 0 radical (unpaired) electrons. The Morgan fingerprint density at radius 3 is 2.44 bits per heavy atom. The van der Waals surface area contributed by atoms with E-state index in [-0.39, 0.29) is 15.0 Å². The standard InChI is InChI=1S/C17H14AsF3O3S/c1-2-15(22)18-13-8-7-10(9-11(13)16(23)24)25-14-6-4-3-5-12(14)17(19,20)21/h3-9,18H,2H2,1H3,(H,23,24). The van der Waals surface area contributed by atoms with Crippen molar-refractivity contribution in [2.24, 2.45) is 0 Å². The van der Waals surface area contributed by atoms with E-state index < -0.39 is 33.5 Å². The van der Waals surface area contributed by atoms with Gasteiger partial charge in [-0.05, 0) is 0 Å². The summed E-state index contributed by atoms with van der Waals surface area (Å²) in [6.45, 7) is 1.71. The zero-order chi connectivity index (χ0) is 18.6. The van der Waals surface area contributed by atoms with E-state index in [1.165, 1.54) is 30.3 Å². The van der Waals surface area contributed by atoms with E-state index >= 15 is 0 Å². The first-order chi connectivity index (χ1) is 11.7. The third-order valence-electron chi connectivity index (χ3n) is 3.24. The molecule has 0 saturated carbocycles. The summed E-state index contributed by atoms with van der Waals surface area (Å²) >= 11 is -0.396. The molecule has 0 aliphatic rings. The summed E-state index contributed by atoms with van der Waals surface area (Å²) in [6.07, 6.45) is -4.15. The average Bonchev–Trinajstić information content (AvgIpc) is 2.55. The van der Waals surface area contributed by atoms with E-state index in [0.29, 0.717) is 15.7 Å². The number of carbonyl (C=O) groups excluding carboxylic acids is 1. The van der Waals surface area contributed by atoms with Gasteiger partial charge in [0.15, 0.2) is 0 Å². The fourth-order valence-electron chi connectivity index (χ4n) is 2.03. The normalized spacial score (nSPS) is 11.8. The Morgan fingerprint density at radius 1 is 1.16 bits per heavy atom. The van der Waals surface area contributed by atoms with Gasteiger partial charge in [0.1, 0.15) is 0 Å². The van der Waals surface area contributed by atoms with Crippen LogP contribution in [0, 0.1) is 0 Å². The van der Waals surface area contributed by atoms with Crippen LogP contribution in [0.2, 0.25) is 0 Å². The third kappa shape index (κ3) is 5.13. The van der Waals surface area contributed by atoms with Gasteiger partial charge >= 0.3 is 153 Å². The van der Waals surface area contributed by atoms with Crippen molar-refractivity contribution in [2.45, 2.75) is 29.3 Å². The third-order valence-corrected chi connectivity index (χ3v) is 7.11. The van der Waals surface area contributed by atoms with Crippen molar-refractivity contribution in [2.75, 3.05) is 0 Å². The molecule has 1 atom stereocenters. The van der Waals surface area contributed by atoms with E-state index in [4.69, 9.17) is 0 Å². The van der Waals surface area contributed by atoms with Crippen molar-refractivity contribution in [3.8, 4) is 0 Å². The van der Waals surface area contributed by atoms with Gasteiger partial charge in [-0.1, -0.05) is 0 Å². The number of halogens is 3. The molecule has 0 heterocycles. The molecule has 1 N–H and O–H groups in total. The molecule has 0 bridgehead atoms. The van der Waals surface area contributed by atoms with Crippen molar-refractivity contribution >= 4 is 42.4 Å². The molecule has 1 unspecified atom stereocenters. The van der Waals surface area contributed by atoms with E-state index in [0.717, 1.165) is 17.8 Å². The van der Waals surface area contributed by atoms with Crippen LogP contribution in [-0.4, -0.2) is 31.4 Å². The molecule has 0 amide bonds. The van der Waals surface area contributed by atoms with Crippen LogP contribution in [-0.2, 0) is 11.0 Å². The first-order valence-electron chi connectivity index (χ1n) is 7.23. The molecule has 2 aromatic rings. The quantitative estimate of drug-likeness (QED) is 0.713. The minimum atomic E-state index is -4.49. The number of rotatable bonds is 6. The first kappa shape index (κ1) is 19.6. The van der Waals surface area contributed by atoms with Crippen LogP contribution in [0.15, 0.2) is 52.3 Å². The van der Waals surface area contributed by atoms with Crippen LogP contribution >= 0.6 is 11.8 Å². The van der Waals surface area contributed by atoms with Crippen LogP contribution in [0.1, 0.15) is 29.3 Å². The zero-order valence-electron chi connectivity index (χ0n) is 13.1. The Labute approximate surface area is 153 Å². The van der Waals surface area contributed by atoms with Crippen LogP contribution in [0.4, 0.5) is 13.2 Å². The van der Waals surface area contributed by atoms with E-state index in [1.54, 1.807) is 13.0 Å². The Morgan fingerprint density at radius 2 is 1.84 bits per heavy atom. The van der Waals surface area contributed by atoms with Gasteiger partial charge in [0.05, 0.1) is 0 Å². The van der Waals surface area contributed by atoms with Crippen molar-refractivity contribution < 1.29 is 27.9 Å². The number of hydrogen-bond acceptors (Lipinski definition) is 3. The van der Waals surface area contributed by atoms with Crippen molar-refractivity contribution in [3.63, 3.8) is 0 Å². The van der Waals surface area contributed by atoms with Gasteiger partial charge < -0.3 is 0 Å². The van der Waals surface area contributed by atoms with Crippen molar-refractivity contribution in [3.05, 3.63) is 53.6 Å². The molecule has 8 heteroatoms. The second-order valence-corrected chi connectivity index (χ2v) is 8.95. The summed E-state index contributed by atoms with van der Waals surface area (Å²) in [4.78, 5) is 23.4. The molecular formula is C17H14AsF3O3S. The Balaban J connectivity index is 2.38. The van der Waals surface area contributed by atoms with Gasteiger partial charge in [-0.25, -0.2) is 0 Å². The maximum absolute atomic E-state index is 13.1. The molecule has 0 fully saturated rings. The van der Waals surface area contributed by atoms with Crippen LogP contribution < -0.4 is 4.35 Å². The molecule has 0 aromatic heterocycles. The van der Waals surface area contributed by atoms with E-state index in [2.05, 4.69) is 0 Å². The van der Waals surface area contributed by atoms with Crippen LogP contribution in [0.3, 0.4) is 0 Å². The average molecular weight is 430 g/mol. The summed E-state index contributed by atoms with van der Waals surface area (Å²) in [5.74, 6) is -1.19.